The Morgan fingerprint density at radius 1 is 1.10 bits per heavy atom. The third-order valence-electron chi connectivity index (χ3n) is 3.54. The van der Waals surface area contributed by atoms with Gasteiger partial charge in [-0.1, -0.05) is 6.92 Å². The second kappa shape index (κ2) is 7.09. The molecule has 0 atom stereocenters. The molecule has 1 rings (SSSR count). The Balaban J connectivity index is 3.18. The van der Waals surface area contributed by atoms with Gasteiger partial charge in [-0.3, -0.25) is 0 Å². The summed E-state index contributed by atoms with van der Waals surface area (Å²) in [5, 5.41) is 3.50. The van der Waals surface area contributed by atoms with E-state index in [1.807, 2.05) is 6.07 Å². The summed E-state index contributed by atoms with van der Waals surface area (Å²) in [5.74, 6) is 1.88. The van der Waals surface area contributed by atoms with Gasteiger partial charge in [0.2, 0.25) is 5.75 Å². The fourth-order valence-corrected chi connectivity index (χ4v) is 2.12. The minimum atomic E-state index is 0.0540. The van der Waals surface area contributed by atoms with Crippen molar-refractivity contribution in [1.29, 1.82) is 0 Å². The van der Waals surface area contributed by atoms with Crippen molar-refractivity contribution < 1.29 is 14.2 Å². The van der Waals surface area contributed by atoms with Gasteiger partial charge in [-0.25, -0.2) is 0 Å². The van der Waals surface area contributed by atoms with E-state index in [9.17, 15) is 0 Å². The number of benzene rings is 1. The second-order valence-electron chi connectivity index (χ2n) is 5.23. The molecule has 0 heterocycles. The lowest BCUT2D eigenvalue weighted by atomic mass is 10.0. The monoisotopic (exact) mass is 299 g/mol. The Bertz CT molecular complexity index is 461. The predicted molar refractivity (Wildman–Crippen MR) is 84.6 cm³/mol. The van der Waals surface area contributed by atoms with E-state index in [1.54, 1.807) is 21.3 Å². The zero-order chi connectivity index (χ0) is 15.3. The van der Waals surface area contributed by atoms with Crippen molar-refractivity contribution in [3.8, 4) is 17.2 Å². The van der Waals surface area contributed by atoms with Crippen LogP contribution < -0.4 is 19.5 Å². The van der Waals surface area contributed by atoms with Gasteiger partial charge in [-0.15, -0.1) is 12.6 Å². The van der Waals surface area contributed by atoms with Crippen molar-refractivity contribution in [2.24, 2.45) is 0 Å². The SMILES string of the molecule is CCC(C)(C)NCc1c(S)cc(OC)c(OC)c1OC. The van der Waals surface area contributed by atoms with Crippen molar-refractivity contribution in [2.45, 2.75) is 44.2 Å². The van der Waals surface area contributed by atoms with Crippen molar-refractivity contribution in [3.63, 3.8) is 0 Å². The zero-order valence-electron chi connectivity index (χ0n) is 13.2. The Hall–Kier alpha value is -1.07. The average Bonchev–Trinajstić information content (AvgIpc) is 2.44. The maximum atomic E-state index is 5.50. The minimum absolute atomic E-state index is 0.0540. The van der Waals surface area contributed by atoms with Crippen molar-refractivity contribution >= 4 is 12.6 Å². The van der Waals surface area contributed by atoms with Crippen LogP contribution in [-0.2, 0) is 6.54 Å². The molecule has 0 aromatic heterocycles. The lowest BCUT2D eigenvalue weighted by Crippen LogP contribution is -2.38. The Morgan fingerprint density at radius 2 is 1.70 bits per heavy atom. The molecule has 0 amide bonds. The number of hydrogen-bond acceptors (Lipinski definition) is 5. The molecule has 4 nitrogen and oxygen atoms in total. The third-order valence-corrected chi connectivity index (χ3v) is 3.94. The summed E-state index contributed by atoms with van der Waals surface area (Å²) in [6.07, 6.45) is 1.03. The van der Waals surface area contributed by atoms with Crippen LogP contribution in [0.25, 0.3) is 0 Å². The van der Waals surface area contributed by atoms with Crippen LogP contribution in [0.5, 0.6) is 17.2 Å². The van der Waals surface area contributed by atoms with Crippen LogP contribution in [0, 0.1) is 0 Å². The van der Waals surface area contributed by atoms with E-state index in [-0.39, 0.29) is 5.54 Å². The normalized spacial score (nSPS) is 11.3. The fraction of sp³-hybridized carbons (Fsp3) is 0.600. The van der Waals surface area contributed by atoms with Crippen LogP contribution in [0.2, 0.25) is 0 Å². The molecule has 0 aliphatic carbocycles. The van der Waals surface area contributed by atoms with E-state index in [0.717, 1.165) is 16.9 Å². The maximum absolute atomic E-state index is 5.50. The van der Waals surface area contributed by atoms with Crippen molar-refractivity contribution in [2.75, 3.05) is 21.3 Å². The fourth-order valence-electron chi connectivity index (χ4n) is 1.83. The average molecular weight is 299 g/mol. The second-order valence-corrected chi connectivity index (χ2v) is 5.72. The Kier molecular flexibility index (Phi) is 6.02. The highest BCUT2D eigenvalue weighted by molar-refractivity contribution is 7.80. The lowest BCUT2D eigenvalue weighted by Gasteiger charge is -2.26. The molecule has 0 aliphatic rings. The molecular formula is C15H25NO3S. The van der Waals surface area contributed by atoms with E-state index in [4.69, 9.17) is 14.2 Å². The summed E-state index contributed by atoms with van der Waals surface area (Å²) in [6.45, 7) is 7.14. The smallest absolute Gasteiger partial charge is 0.203 e. The highest BCUT2D eigenvalue weighted by Crippen LogP contribution is 2.43. The standard InChI is InChI=1S/C15H25NO3S/c1-7-15(2,3)16-9-10-12(20)8-11(17-4)14(19-6)13(10)18-5/h8,16,20H,7,9H2,1-6H3. The van der Waals surface area contributed by atoms with E-state index >= 15 is 0 Å². The van der Waals surface area contributed by atoms with Gasteiger partial charge in [0.1, 0.15) is 0 Å². The molecule has 114 valence electrons. The molecule has 0 saturated carbocycles. The molecule has 20 heavy (non-hydrogen) atoms. The number of hydrogen-bond donors (Lipinski definition) is 2. The first-order valence-electron chi connectivity index (χ1n) is 6.66. The molecule has 0 saturated heterocycles. The molecule has 0 fully saturated rings. The maximum Gasteiger partial charge on any atom is 0.203 e. The lowest BCUT2D eigenvalue weighted by molar-refractivity contribution is 0.315. The highest BCUT2D eigenvalue weighted by atomic mass is 32.1. The molecule has 0 aliphatic heterocycles. The van der Waals surface area contributed by atoms with Crippen molar-refractivity contribution in [3.05, 3.63) is 11.6 Å². The number of ether oxygens (including phenoxy) is 3. The van der Waals surface area contributed by atoms with E-state index in [2.05, 4.69) is 38.7 Å². The molecule has 1 aromatic rings. The third kappa shape index (κ3) is 3.73. The molecule has 1 N–H and O–H groups in total. The molecule has 1 aromatic carbocycles. The van der Waals surface area contributed by atoms with Gasteiger partial charge in [0.15, 0.2) is 11.5 Å². The van der Waals surface area contributed by atoms with E-state index in [0.29, 0.717) is 23.8 Å². The summed E-state index contributed by atoms with van der Waals surface area (Å²) < 4.78 is 16.2. The van der Waals surface area contributed by atoms with Crippen LogP contribution in [0.3, 0.4) is 0 Å². The summed E-state index contributed by atoms with van der Waals surface area (Å²) in [7, 11) is 4.83. The van der Waals surface area contributed by atoms with Gasteiger partial charge >= 0.3 is 0 Å². The van der Waals surface area contributed by atoms with Crippen LogP contribution in [0.1, 0.15) is 32.8 Å². The summed E-state index contributed by atoms with van der Waals surface area (Å²) in [6, 6.07) is 1.85. The molecule has 5 heteroatoms. The van der Waals surface area contributed by atoms with Crippen LogP contribution in [0.15, 0.2) is 11.0 Å². The van der Waals surface area contributed by atoms with Gasteiger partial charge in [0.05, 0.1) is 21.3 Å². The molecule has 0 unspecified atom stereocenters. The number of methoxy groups -OCH3 is 3. The topological polar surface area (TPSA) is 39.7 Å². The van der Waals surface area contributed by atoms with E-state index in [1.165, 1.54) is 0 Å². The molecule has 0 spiro atoms. The zero-order valence-corrected chi connectivity index (χ0v) is 14.1. The largest absolute Gasteiger partial charge is 0.493 e. The van der Waals surface area contributed by atoms with Gasteiger partial charge in [-0.05, 0) is 26.3 Å². The van der Waals surface area contributed by atoms with Gasteiger partial charge in [-0.2, -0.15) is 0 Å². The van der Waals surface area contributed by atoms with Crippen LogP contribution in [-0.4, -0.2) is 26.9 Å². The van der Waals surface area contributed by atoms with Crippen LogP contribution in [0.4, 0.5) is 0 Å². The van der Waals surface area contributed by atoms with E-state index < -0.39 is 0 Å². The first-order valence-corrected chi connectivity index (χ1v) is 7.10. The number of nitrogens with one attached hydrogen (secondary N) is 1. The highest BCUT2D eigenvalue weighted by Gasteiger charge is 2.21. The first-order chi connectivity index (χ1) is 9.40. The van der Waals surface area contributed by atoms with Gasteiger partial charge in [0, 0.05) is 22.5 Å². The first kappa shape index (κ1) is 17.0. The molecule has 0 bridgehead atoms. The molecular weight excluding hydrogens is 274 g/mol. The summed E-state index contributed by atoms with van der Waals surface area (Å²) in [4.78, 5) is 0.818. The summed E-state index contributed by atoms with van der Waals surface area (Å²) in [5.41, 5.74) is 1.02. The predicted octanol–water partition coefficient (Wildman–Crippen LogP) is 3.28. The quantitative estimate of drug-likeness (QED) is 0.758. The summed E-state index contributed by atoms with van der Waals surface area (Å²) >= 11 is 4.53. The van der Waals surface area contributed by atoms with Crippen molar-refractivity contribution in [1.82, 2.24) is 5.32 Å². The van der Waals surface area contributed by atoms with Gasteiger partial charge < -0.3 is 19.5 Å². The number of thiol groups is 1. The van der Waals surface area contributed by atoms with Crippen LogP contribution >= 0.6 is 12.6 Å². The molecule has 0 radical (unpaired) electrons. The Labute approximate surface area is 127 Å². The van der Waals surface area contributed by atoms with Gasteiger partial charge in [0.25, 0.3) is 0 Å². The Morgan fingerprint density at radius 3 is 2.15 bits per heavy atom. The number of rotatable bonds is 7. The minimum Gasteiger partial charge on any atom is -0.493 e.